The molecule has 9 heteroatoms. The van der Waals surface area contributed by atoms with Crippen LogP contribution >= 0.6 is 0 Å². The Morgan fingerprint density at radius 3 is 2.32 bits per heavy atom. The van der Waals surface area contributed by atoms with Crippen LogP contribution in [-0.4, -0.2) is 86.2 Å². The molecule has 1 saturated heterocycles. The van der Waals surface area contributed by atoms with Crippen LogP contribution in [0, 0.1) is 6.92 Å². The van der Waals surface area contributed by atoms with Gasteiger partial charge < -0.3 is 20.1 Å². The molecule has 2 amide bonds. The predicted octanol–water partition coefficient (Wildman–Crippen LogP) is 1.18. The van der Waals surface area contributed by atoms with Gasteiger partial charge in [0.25, 0.3) is 0 Å². The second-order valence-electron chi connectivity index (χ2n) is 7.88. The van der Waals surface area contributed by atoms with Crippen molar-refractivity contribution in [3.05, 3.63) is 42.2 Å². The van der Waals surface area contributed by atoms with E-state index >= 15 is 0 Å². The quantitative estimate of drug-likeness (QED) is 0.549. The van der Waals surface area contributed by atoms with Gasteiger partial charge in [0.15, 0.2) is 5.82 Å². The summed E-state index contributed by atoms with van der Waals surface area (Å²) in [6.07, 6.45) is 0.894. The van der Waals surface area contributed by atoms with Gasteiger partial charge in [-0.3, -0.25) is 19.4 Å². The van der Waals surface area contributed by atoms with Crippen molar-refractivity contribution in [3.63, 3.8) is 0 Å². The average Bonchev–Trinajstić information content (AvgIpc) is 3.17. The van der Waals surface area contributed by atoms with Gasteiger partial charge in [-0.2, -0.15) is 0 Å². The van der Waals surface area contributed by atoms with Crippen LogP contribution in [0.1, 0.15) is 12.2 Å². The Labute approximate surface area is 183 Å². The molecule has 3 rings (SSSR count). The Bertz CT molecular complexity index is 833. The zero-order valence-corrected chi connectivity index (χ0v) is 18.3. The van der Waals surface area contributed by atoms with Gasteiger partial charge in [-0.15, -0.1) is 0 Å². The molecule has 168 valence electrons. The molecule has 1 aromatic carbocycles. The minimum atomic E-state index is -0.111. The highest BCUT2D eigenvalue weighted by Crippen LogP contribution is 2.11. The molecule has 1 aromatic heterocycles. The summed E-state index contributed by atoms with van der Waals surface area (Å²) in [7, 11) is 2.06. The van der Waals surface area contributed by atoms with Crippen molar-refractivity contribution in [2.75, 3.05) is 69.6 Å². The van der Waals surface area contributed by atoms with Gasteiger partial charge in [-0.1, -0.05) is 23.4 Å². The topological polar surface area (TPSA) is 94.0 Å². The van der Waals surface area contributed by atoms with Crippen LogP contribution in [0.15, 0.2) is 40.9 Å². The van der Waals surface area contributed by atoms with Crippen molar-refractivity contribution in [2.45, 2.75) is 13.3 Å². The molecule has 9 nitrogen and oxygen atoms in total. The van der Waals surface area contributed by atoms with Crippen molar-refractivity contribution >= 4 is 23.3 Å². The number of piperazine rings is 1. The molecule has 1 fully saturated rings. The Hall–Kier alpha value is -2.91. The van der Waals surface area contributed by atoms with Crippen LogP contribution in [-0.2, 0) is 9.59 Å². The molecule has 0 saturated carbocycles. The first kappa shape index (κ1) is 22.8. The van der Waals surface area contributed by atoms with Gasteiger partial charge in [0, 0.05) is 58.1 Å². The lowest BCUT2D eigenvalue weighted by atomic mass is 10.3. The number of benzene rings is 1. The molecule has 0 bridgehead atoms. The number of rotatable bonds is 10. The number of carbonyl (C=O) groups excluding carboxylic acids is 2. The SMILES string of the molecule is Cc1cc(NC(=O)CN2CCN(CC(=O)NCCCN(C)c3ccccc3)CC2)no1. The first-order chi connectivity index (χ1) is 15.0. The lowest BCUT2D eigenvalue weighted by Crippen LogP contribution is -2.51. The van der Waals surface area contributed by atoms with E-state index < -0.39 is 0 Å². The number of nitrogens with one attached hydrogen (secondary N) is 2. The second-order valence-corrected chi connectivity index (χ2v) is 7.88. The summed E-state index contributed by atoms with van der Waals surface area (Å²) in [5.74, 6) is 1.04. The van der Waals surface area contributed by atoms with E-state index in [0.29, 0.717) is 31.2 Å². The summed E-state index contributed by atoms with van der Waals surface area (Å²) < 4.78 is 4.95. The fourth-order valence-corrected chi connectivity index (χ4v) is 3.53. The number of hydrogen-bond donors (Lipinski definition) is 2. The number of hydrogen-bond acceptors (Lipinski definition) is 7. The molecule has 0 spiro atoms. The molecular formula is C22H32N6O3. The van der Waals surface area contributed by atoms with E-state index in [0.717, 1.165) is 39.1 Å². The third-order valence-electron chi connectivity index (χ3n) is 5.28. The van der Waals surface area contributed by atoms with Crippen LogP contribution in [0.25, 0.3) is 0 Å². The molecule has 0 atom stereocenters. The minimum absolute atomic E-state index is 0.0509. The Morgan fingerprint density at radius 2 is 1.71 bits per heavy atom. The van der Waals surface area contributed by atoms with E-state index in [1.807, 2.05) is 18.2 Å². The van der Waals surface area contributed by atoms with E-state index in [1.165, 1.54) is 5.69 Å². The number of nitrogens with zero attached hydrogens (tertiary/aromatic N) is 4. The largest absolute Gasteiger partial charge is 0.375 e. The van der Waals surface area contributed by atoms with Gasteiger partial charge in [0.1, 0.15) is 5.76 Å². The normalized spacial score (nSPS) is 14.9. The Balaban J connectivity index is 1.26. The zero-order valence-electron chi connectivity index (χ0n) is 18.3. The number of anilines is 2. The van der Waals surface area contributed by atoms with Crippen molar-refractivity contribution < 1.29 is 14.1 Å². The van der Waals surface area contributed by atoms with Gasteiger partial charge in [0.2, 0.25) is 11.8 Å². The first-order valence-corrected chi connectivity index (χ1v) is 10.7. The van der Waals surface area contributed by atoms with E-state index in [1.54, 1.807) is 13.0 Å². The first-order valence-electron chi connectivity index (χ1n) is 10.7. The summed E-state index contributed by atoms with van der Waals surface area (Å²) in [6, 6.07) is 11.9. The lowest BCUT2D eigenvalue weighted by Gasteiger charge is -2.33. The number of para-hydroxylation sites is 1. The van der Waals surface area contributed by atoms with E-state index in [-0.39, 0.29) is 11.8 Å². The van der Waals surface area contributed by atoms with E-state index in [4.69, 9.17) is 4.52 Å². The number of amides is 2. The third-order valence-corrected chi connectivity index (χ3v) is 5.28. The summed E-state index contributed by atoms with van der Waals surface area (Å²) in [5.41, 5.74) is 1.18. The minimum Gasteiger partial charge on any atom is -0.375 e. The molecule has 2 aromatic rings. The van der Waals surface area contributed by atoms with Gasteiger partial charge in [0.05, 0.1) is 13.1 Å². The molecule has 1 aliphatic heterocycles. The fourth-order valence-electron chi connectivity index (χ4n) is 3.53. The maximum Gasteiger partial charge on any atom is 0.239 e. The highest BCUT2D eigenvalue weighted by atomic mass is 16.5. The highest BCUT2D eigenvalue weighted by molar-refractivity contribution is 5.91. The van der Waals surface area contributed by atoms with Gasteiger partial charge in [-0.05, 0) is 25.5 Å². The number of aromatic nitrogens is 1. The van der Waals surface area contributed by atoms with Gasteiger partial charge >= 0.3 is 0 Å². The maximum absolute atomic E-state index is 12.2. The highest BCUT2D eigenvalue weighted by Gasteiger charge is 2.21. The van der Waals surface area contributed by atoms with Crippen molar-refractivity contribution in [1.29, 1.82) is 0 Å². The summed E-state index contributed by atoms with van der Waals surface area (Å²) in [5, 5.41) is 9.51. The molecule has 0 aliphatic carbocycles. The average molecular weight is 429 g/mol. The maximum atomic E-state index is 12.2. The van der Waals surface area contributed by atoms with E-state index in [2.05, 4.69) is 49.7 Å². The Kier molecular flexibility index (Phi) is 8.43. The van der Waals surface area contributed by atoms with Crippen LogP contribution in [0.3, 0.4) is 0 Å². The lowest BCUT2D eigenvalue weighted by molar-refractivity contribution is -0.123. The van der Waals surface area contributed by atoms with Crippen LogP contribution < -0.4 is 15.5 Å². The second kappa shape index (κ2) is 11.5. The Morgan fingerprint density at radius 1 is 1.06 bits per heavy atom. The summed E-state index contributed by atoms with van der Waals surface area (Å²) >= 11 is 0. The summed E-state index contributed by atoms with van der Waals surface area (Å²) in [4.78, 5) is 30.7. The smallest absolute Gasteiger partial charge is 0.239 e. The molecule has 2 N–H and O–H groups in total. The summed E-state index contributed by atoms with van der Waals surface area (Å²) in [6.45, 7) is 7.06. The fraction of sp³-hybridized carbons (Fsp3) is 0.500. The standard InChI is InChI=1S/C22H32N6O3/c1-18-15-20(25-31-18)24-22(30)17-28-13-11-27(12-14-28)16-21(29)23-9-6-10-26(2)19-7-4-3-5-8-19/h3-5,7-8,15H,6,9-14,16-17H2,1-2H3,(H,23,29)(H,24,25,30). The predicted molar refractivity (Wildman–Crippen MR) is 120 cm³/mol. The monoisotopic (exact) mass is 428 g/mol. The zero-order chi connectivity index (χ0) is 22.1. The molecule has 1 aliphatic rings. The van der Waals surface area contributed by atoms with E-state index in [9.17, 15) is 9.59 Å². The molecular weight excluding hydrogens is 396 g/mol. The third kappa shape index (κ3) is 7.69. The van der Waals surface area contributed by atoms with Gasteiger partial charge in [-0.25, -0.2) is 0 Å². The molecule has 31 heavy (non-hydrogen) atoms. The van der Waals surface area contributed by atoms with Crippen LogP contribution in [0.5, 0.6) is 0 Å². The molecule has 0 radical (unpaired) electrons. The van der Waals surface area contributed by atoms with Crippen LogP contribution in [0.2, 0.25) is 0 Å². The van der Waals surface area contributed by atoms with Crippen molar-refractivity contribution in [2.24, 2.45) is 0 Å². The van der Waals surface area contributed by atoms with Crippen molar-refractivity contribution in [3.8, 4) is 0 Å². The van der Waals surface area contributed by atoms with Crippen molar-refractivity contribution in [1.82, 2.24) is 20.3 Å². The number of carbonyl (C=O) groups is 2. The molecule has 2 heterocycles. The molecule has 0 unspecified atom stereocenters. The van der Waals surface area contributed by atoms with Crippen LogP contribution in [0.4, 0.5) is 11.5 Å². The number of aryl methyl sites for hydroxylation is 1.